The first-order chi connectivity index (χ1) is 12.9. The number of hydrogen-bond acceptors (Lipinski definition) is 5. The zero-order chi connectivity index (χ0) is 19.3. The van der Waals surface area contributed by atoms with Crippen molar-refractivity contribution >= 4 is 16.1 Å². The van der Waals surface area contributed by atoms with Crippen LogP contribution in [0.15, 0.2) is 42.5 Å². The van der Waals surface area contributed by atoms with Crippen molar-refractivity contribution in [1.82, 2.24) is 15.4 Å². The van der Waals surface area contributed by atoms with Crippen LogP contribution < -0.4 is 24.8 Å². The summed E-state index contributed by atoms with van der Waals surface area (Å²) in [5.74, 6) is 1.30. The Hall–Kier alpha value is -2.78. The molecule has 0 saturated heterocycles. The van der Waals surface area contributed by atoms with Crippen LogP contribution in [-0.4, -0.2) is 28.3 Å². The first-order valence-corrected chi connectivity index (χ1v) is 10.00. The van der Waals surface area contributed by atoms with Crippen LogP contribution in [-0.2, 0) is 28.9 Å². The molecule has 2 aromatic carbocycles. The number of benzene rings is 2. The van der Waals surface area contributed by atoms with Gasteiger partial charge in [0, 0.05) is 13.1 Å². The molecule has 0 saturated carbocycles. The highest BCUT2D eigenvalue weighted by Gasteiger charge is 2.13. The standard InChI is InChI=1S/C18H21N3O5S/c1-19-27(23,24)11-14-4-2-13(3-5-14)9-20-18(22)21-10-15-6-7-16-17(8-15)26-12-25-16/h2-8,19H,9-12H2,1H3,(H2,20,21,22). The molecule has 1 aliphatic heterocycles. The highest BCUT2D eigenvalue weighted by atomic mass is 32.2. The quantitative estimate of drug-likeness (QED) is 0.663. The second kappa shape index (κ2) is 8.28. The molecular formula is C18H21N3O5S. The molecule has 0 spiro atoms. The summed E-state index contributed by atoms with van der Waals surface area (Å²) in [7, 11) is -1.91. The van der Waals surface area contributed by atoms with Gasteiger partial charge in [-0.2, -0.15) is 0 Å². The first-order valence-electron chi connectivity index (χ1n) is 8.34. The van der Waals surface area contributed by atoms with E-state index in [4.69, 9.17) is 9.47 Å². The Bertz CT molecular complexity index is 913. The summed E-state index contributed by atoms with van der Waals surface area (Å²) in [5.41, 5.74) is 2.46. The molecule has 9 heteroatoms. The van der Waals surface area contributed by atoms with Crippen LogP contribution in [0.2, 0.25) is 0 Å². The molecule has 3 N–H and O–H groups in total. The third-order valence-corrected chi connectivity index (χ3v) is 5.37. The van der Waals surface area contributed by atoms with Gasteiger partial charge in [0.05, 0.1) is 5.75 Å². The molecule has 1 aliphatic rings. The van der Waals surface area contributed by atoms with Crippen molar-refractivity contribution < 1.29 is 22.7 Å². The number of sulfonamides is 1. The minimum atomic E-state index is -3.30. The van der Waals surface area contributed by atoms with Crippen molar-refractivity contribution in [2.45, 2.75) is 18.8 Å². The van der Waals surface area contributed by atoms with Crippen LogP contribution >= 0.6 is 0 Å². The van der Waals surface area contributed by atoms with E-state index in [0.29, 0.717) is 30.2 Å². The van der Waals surface area contributed by atoms with E-state index >= 15 is 0 Å². The Kier molecular flexibility index (Phi) is 5.82. The van der Waals surface area contributed by atoms with E-state index in [1.807, 2.05) is 18.2 Å². The number of hydrogen-bond donors (Lipinski definition) is 3. The Morgan fingerprint density at radius 2 is 1.52 bits per heavy atom. The Balaban J connectivity index is 1.45. The van der Waals surface area contributed by atoms with E-state index < -0.39 is 10.0 Å². The van der Waals surface area contributed by atoms with Crippen molar-refractivity contribution in [2.24, 2.45) is 0 Å². The lowest BCUT2D eigenvalue weighted by molar-refractivity contribution is 0.174. The second-order valence-corrected chi connectivity index (χ2v) is 7.93. The highest BCUT2D eigenvalue weighted by Crippen LogP contribution is 2.32. The fourth-order valence-corrected chi connectivity index (χ4v) is 3.30. The Morgan fingerprint density at radius 1 is 0.926 bits per heavy atom. The number of ether oxygens (including phenoxy) is 2. The van der Waals surface area contributed by atoms with E-state index in [2.05, 4.69) is 15.4 Å². The summed E-state index contributed by atoms with van der Waals surface area (Å²) >= 11 is 0. The number of carbonyl (C=O) groups is 1. The highest BCUT2D eigenvalue weighted by molar-refractivity contribution is 7.88. The van der Waals surface area contributed by atoms with Crippen LogP contribution in [0.3, 0.4) is 0 Å². The van der Waals surface area contributed by atoms with E-state index in [-0.39, 0.29) is 18.6 Å². The fourth-order valence-electron chi connectivity index (χ4n) is 2.52. The first kappa shape index (κ1) is 19.0. The summed E-state index contributed by atoms with van der Waals surface area (Å²) in [5, 5.41) is 5.54. The van der Waals surface area contributed by atoms with Gasteiger partial charge in [0.2, 0.25) is 16.8 Å². The Morgan fingerprint density at radius 3 is 2.22 bits per heavy atom. The SMILES string of the molecule is CNS(=O)(=O)Cc1ccc(CNC(=O)NCc2ccc3c(c2)OCO3)cc1. The maximum absolute atomic E-state index is 12.0. The molecule has 0 radical (unpaired) electrons. The Labute approximate surface area is 157 Å². The number of amides is 2. The van der Waals surface area contributed by atoms with E-state index in [1.165, 1.54) is 7.05 Å². The zero-order valence-corrected chi connectivity index (χ0v) is 15.6. The van der Waals surface area contributed by atoms with Gasteiger partial charge in [-0.25, -0.2) is 17.9 Å². The van der Waals surface area contributed by atoms with Crippen molar-refractivity contribution in [3.8, 4) is 11.5 Å². The van der Waals surface area contributed by atoms with Crippen molar-refractivity contribution in [3.63, 3.8) is 0 Å². The molecule has 0 atom stereocenters. The second-order valence-electron chi connectivity index (χ2n) is 6.00. The minimum Gasteiger partial charge on any atom is -0.454 e. The predicted octanol–water partition coefficient (Wildman–Crippen LogP) is 1.46. The maximum Gasteiger partial charge on any atom is 0.315 e. The van der Waals surface area contributed by atoms with E-state index in [1.54, 1.807) is 24.3 Å². The summed E-state index contributed by atoms with van der Waals surface area (Å²) < 4.78 is 35.9. The van der Waals surface area contributed by atoms with Gasteiger partial charge in [0.15, 0.2) is 11.5 Å². The monoisotopic (exact) mass is 391 g/mol. The summed E-state index contributed by atoms with van der Waals surface area (Å²) in [6.07, 6.45) is 0. The molecule has 2 amide bonds. The number of carbonyl (C=O) groups excluding carboxylic acids is 1. The van der Waals surface area contributed by atoms with Crippen LogP contribution in [0.1, 0.15) is 16.7 Å². The number of fused-ring (bicyclic) bond motifs is 1. The van der Waals surface area contributed by atoms with Gasteiger partial charge in [-0.05, 0) is 35.9 Å². The lowest BCUT2D eigenvalue weighted by atomic mass is 10.1. The smallest absolute Gasteiger partial charge is 0.315 e. The lowest BCUT2D eigenvalue weighted by Gasteiger charge is -2.09. The molecule has 2 aromatic rings. The van der Waals surface area contributed by atoms with Crippen LogP contribution in [0.4, 0.5) is 4.79 Å². The molecule has 144 valence electrons. The van der Waals surface area contributed by atoms with Crippen molar-refractivity contribution in [1.29, 1.82) is 0 Å². The predicted molar refractivity (Wildman–Crippen MR) is 99.8 cm³/mol. The molecule has 0 aliphatic carbocycles. The van der Waals surface area contributed by atoms with Gasteiger partial charge in [-0.15, -0.1) is 0 Å². The van der Waals surface area contributed by atoms with Gasteiger partial charge >= 0.3 is 6.03 Å². The van der Waals surface area contributed by atoms with Crippen molar-refractivity contribution in [3.05, 3.63) is 59.2 Å². The molecule has 3 rings (SSSR count). The van der Waals surface area contributed by atoms with Gasteiger partial charge < -0.3 is 20.1 Å². The molecule has 0 fully saturated rings. The summed E-state index contributed by atoms with van der Waals surface area (Å²) in [6, 6.07) is 12.3. The van der Waals surface area contributed by atoms with Gasteiger partial charge in [-0.3, -0.25) is 0 Å². The number of nitrogens with one attached hydrogen (secondary N) is 3. The molecule has 0 aromatic heterocycles. The van der Waals surface area contributed by atoms with Gasteiger partial charge in [0.1, 0.15) is 0 Å². The molecule has 0 unspecified atom stereocenters. The average Bonchev–Trinajstić information content (AvgIpc) is 3.13. The van der Waals surface area contributed by atoms with Crippen LogP contribution in [0.5, 0.6) is 11.5 Å². The van der Waals surface area contributed by atoms with E-state index in [0.717, 1.165) is 11.1 Å². The maximum atomic E-state index is 12.0. The molecule has 0 bridgehead atoms. The number of urea groups is 1. The van der Waals surface area contributed by atoms with Crippen molar-refractivity contribution in [2.75, 3.05) is 13.8 Å². The minimum absolute atomic E-state index is 0.0762. The fraction of sp³-hybridized carbons (Fsp3) is 0.278. The topological polar surface area (TPSA) is 106 Å². The van der Waals surface area contributed by atoms with E-state index in [9.17, 15) is 13.2 Å². The largest absolute Gasteiger partial charge is 0.454 e. The zero-order valence-electron chi connectivity index (χ0n) is 14.8. The molecular weight excluding hydrogens is 370 g/mol. The number of rotatable bonds is 7. The van der Waals surface area contributed by atoms with Crippen LogP contribution in [0.25, 0.3) is 0 Å². The molecule has 8 nitrogen and oxygen atoms in total. The summed E-state index contributed by atoms with van der Waals surface area (Å²) in [6.45, 7) is 0.918. The summed E-state index contributed by atoms with van der Waals surface area (Å²) in [4.78, 5) is 12.0. The molecule has 1 heterocycles. The normalized spacial score (nSPS) is 12.6. The third kappa shape index (κ3) is 5.35. The van der Waals surface area contributed by atoms with Gasteiger partial charge in [0.25, 0.3) is 0 Å². The van der Waals surface area contributed by atoms with Crippen LogP contribution in [0, 0.1) is 0 Å². The van der Waals surface area contributed by atoms with Gasteiger partial charge in [-0.1, -0.05) is 30.3 Å². The third-order valence-electron chi connectivity index (χ3n) is 4.03. The average molecular weight is 391 g/mol. The lowest BCUT2D eigenvalue weighted by Crippen LogP contribution is -2.34. The molecule has 27 heavy (non-hydrogen) atoms.